The van der Waals surface area contributed by atoms with E-state index in [1.165, 1.54) is 110 Å². The Bertz CT molecular complexity index is 1400. The summed E-state index contributed by atoms with van der Waals surface area (Å²) in [6.07, 6.45) is 35.9. The van der Waals surface area contributed by atoms with Gasteiger partial charge in [-0.15, -0.1) is 0 Å². The van der Waals surface area contributed by atoms with Gasteiger partial charge in [0.15, 0.2) is 0 Å². The summed E-state index contributed by atoms with van der Waals surface area (Å²) in [7, 11) is 0. The summed E-state index contributed by atoms with van der Waals surface area (Å²) >= 11 is 0. The molecule has 1 unspecified atom stereocenters. The SMILES string of the molecule is C1=CC2=C(c3ccc(N(C4=CC=C(C5CCCCC5)CC4)c4ccc(C5CCCCC5)cc4)cc3)C=CCC2C=C1. The van der Waals surface area contributed by atoms with E-state index in [2.05, 4.69) is 102 Å². The summed E-state index contributed by atoms with van der Waals surface area (Å²) in [5.74, 6) is 2.07. The second-order valence-corrected chi connectivity index (χ2v) is 12.9. The van der Waals surface area contributed by atoms with Crippen molar-refractivity contribution in [3.63, 3.8) is 0 Å². The number of fused-ring (bicyclic) bond motifs is 1. The number of allylic oxidation sites excluding steroid dienone is 12. The molecule has 2 aromatic rings. The van der Waals surface area contributed by atoms with Crippen LogP contribution in [-0.4, -0.2) is 0 Å². The van der Waals surface area contributed by atoms with E-state index in [-0.39, 0.29) is 0 Å². The van der Waals surface area contributed by atoms with Crippen molar-refractivity contribution in [3.8, 4) is 0 Å². The first kappa shape index (κ1) is 26.6. The monoisotopic (exact) mass is 539 g/mol. The van der Waals surface area contributed by atoms with Gasteiger partial charge < -0.3 is 4.90 Å². The Morgan fingerprint density at radius 3 is 1.98 bits per heavy atom. The van der Waals surface area contributed by atoms with Crippen molar-refractivity contribution in [1.29, 1.82) is 0 Å². The van der Waals surface area contributed by atoms with Gasteiger partial charge in [0.05, 0.1) is 0 Å². The minimum atomic E-state index is 0.511. The number of benzene rings is 2. The number of anilines is 2. The van der Waals surface area contributed by atoms with E-state index in [4.69, 9.17) is 0 Å². The molecule has 1 atom stereocenters. The van der Waals surface area contributed by atoms with Crippen LogP contribution in [0.1, 0.15) is 101 Å². The lowest BCUT2D eigenvalue weighted by atomic mass is 9.80. The van der Waals surface area contributed by atoms with Gasteiger partial charge in [0.1, 0.15) is 0 Å². The Labute approximate surface area is 247 Å². The van der Waals surface area contributed by atoms with Crippen LogP contribution < -0.4 is 4.90 Å². The molecule has 0 spiro atoms. The van der Waals surface area contributed by atoms with Crippen molar-refractivity contribution in [2.75, 3.05) is 4.90 Å². The lowest BCUT2D eigenvalue weighted by molar-refractivity contribution is 0.393. The van der Waals surface area contributed by atoms with Gasteiger partial charge in [-0.2, -0.15) is 0 Å². The summed E-state index contributed by atoms with van der Waals surface area (Å²) in [6.45, 7) is 0. The molecule has 0 aliphatic heterocycles. The van der Waals surface area contributed by atoms with E-state index < -0.39 is 0 Å². The van der Waals surface area contributed by atoms with Crippen LogP contribution in [0.15, 0.2) is 114 Å². The molecule has 0 N–H and O–H groups in total. The van der Waals surface area contributed by atoms with Gasteiger partial charge in [-0.3, -0.25) is 0 Å². The fourth-order valence-corrected chi connectivity index (χ4v) is 8.02. The molecule has 0 heterocycles. The maximum Gasteiger partial charge on any atom is 0.0458 e. The van der Waals surface area contributed by atoms with Gasteiger partial charge in [-0.25, -0.2) is 0 Å². The zero-order chi connectivity index (χ0) is 27.4. The molecule has 0 saturated heterocycles. The molecule has 1 nitrogen and oxygen atoms in total. The Hall–Kier alpha value is -3.32. The third-order valence-electron chi connectivity index (χ3n) is 10.4. The Morgan fingerprint density at radius 1 is 0.610 bits per heavy atom. The third kappa shape index (κ3) is 5.74. The number of hydrogen-bond donors (Lipinski definition) is 0. The van der Waals surface area contributed by atoms with Crippen LogP contribution in [0.2, 0.25) is 0 Å². The highest BCUT2D eigenvalue weighted by molar-refractivity contribution is 5.82. The van der Waals surface area contributed by atoms with Gasteiger partial charge >= 0.3 is 0 Å². The summed E-state index contributed by atoms with van der Waals surface area (Å²) in [6, 6.07) is 19.0. The van der Waals surface area contributed by atoms with Crippen molar-refractivity contribution in [2.45, 2.75) is 89.4 Å². The first-order chi connectivity index (χ1) is 20.3. The van der Waals surface area contributed by atoms with Gasteiger partial charge in [0.25, 0.3) is 0 Å². The Balaban J connectivity index is 1.21. The average Bonchev–Trinajstić information content (AvgIpc) is 3.06. The van der Waals surface area contributed by atoms with Gasteiger partial charge in [0, 0.05) is 23.0 Å². The molecule has 2 aromatic carbocycles. The molecule has 5 aliphatic carbocycles. The summed E-state index contributed by atoms with van der Waals surface area (Å²) in [4.78, 5) is 2.53. The molecule has 1 heteroatoms. The molecule has 7 rings (SSSR count). The van der Waals surface area contributed by atoms with Crippen molar-refractivity contribution in [2.24, 2.45) is 11.8 Å². The van der Waals surface area contributed by atoms with Crippen LogP contribution in [-0.2, 0) is 0 Å². The van der Waals surface area contributed by atoms with Gasteiger partial charge in [-0.1, -0.05) is 111 Å². The van der Waals surface area contributed by atoms with E-state index in [1.54, 1.807) is 5.57 Å². The number of hydrogen-bond acceptors (Lipinski definition) is 1. The maximum atomic E-state index is 2.53. The smallest absolute Gasteiger partial charge is 0.0458 e. The van der Waals surface area contributed by atoms with Crippen molar-refractivity contribution >= 4 is 16.9 Å². The van der Waals surface area contributed by atoms with Crippen molar-refractivity contribution < 1.29 is 0 Å². The second kappa shape index (κ2) is 12.3. The number of nitrogens with zero attached hydrogens (tertiary/aromatic N) is 1. The Morgan fingerprint density at radius 2 is 1.29 bits per heavy atom. The van der Waals surface area contributed by atoms with Crippen LogP contribution >= 0.6 is 0 Å². The molecule has 0 amide bonds. The maximum absolute atomic E-state index is 2.53. The third-order valence-corrected chi connectivity index (χ3v) is 10.4. The summed E-state index contributed by atoms with van der Waals surface area (Å²) in [5.41, 5.74) is 11.3. The molecule has 2 saturated carbocycles. The normalized spacial score (nSPS) is 23.3. The predicted molar refractivity (Wildman–Crippen MR) is 175 cm³/mol. The van der Waals surface area contributed by atoms with E-state index in [0.717, 1.165) is 24.7 Å². The van der Waals surface area contributed by atoms with Crippen LogP contribution in [0.3, 0.4) is 0 Å². The Kier molecular flexibility index (Phi) is 7.95. The first-order valence-electron chi connectivity index (χ1n) is 16.5. The molecular formula is C40H45N. The molecule has 0 bridgehead atoms. The lowest BCUT2D eigenvalue weighted by Gasteiger charge is -2.32. The molecular weight excluding hydrogens is 494 g/mol. The van der Waals surface area contributed by atoms with Crippen LogP contribution in [0.4, 0.5) is 11.4 Å². The van der Waals surface area contributed by atoms with Crippen molar-refractivity contribution in [3.05, 3.63) is 125 Å². The minimum Gasteiger partial charge on any atom is -0.314 e. The zero-order valence-electron chi connectivity index (χ0n) is 24.6. The standard InChI is InChI=1S/C40H45N/c1-3-10-30(11-4-1)32-18-24-36(25-19-32)41(37-26-20-33(21-27-37)31-12-5-2-6-13-31)38-28-22-35(23-29-38)40-17-9-15-34-14-7-8-16-39(34)40/h7-9,14,16-20,22-26,28-31,34H,1-6,10-13,15,21,27H2. The highest BCUT2D eigenvalue weighted by Gasteiger charge is 2.24. The van der Waals surface area contributed by atoms with E-state index in [9.17, 15) is 0 Å². The highest BCUT2D eigenvalue weighted by atomic mass is 15.1. The van der Waals surface area contributed by atoms with Crippen LogP contribution in [0, 0.1) is 11.8 Å². The first-order valence-corrected chi connectivity index (χ1v) is 16.5. The molecule has 2 fully saturated rings. The van der Waals surface area contributed by atoms with Crippen LogP contribution in [0.25, 0.3) is 5.57 Å². The summed E-state index contributed by atoms with van der Waals surface area (Å²) in [5, 5.41) is 0. The van der Waals surface area contributed by atoms with Crippen molar-refractivity contribution in [1.82, 2.24) is 0 Å². The van der Waals surface area contributed by atoms with E-state index >= 15 is 0 Å². The largest absolute Gasteiger partial charge is 0.314 e. The fourth-order valence-electron chi connectivity index (χ4n) is 8.02. The zero-order valence-corrected chi connectivity index (χ0v) is 24.6. The second-order valence-electron chi connectivity index (χ2n) is 12.9. The summed E-state index contributed by atoms with van der Waals surface area (Å²) < 4.78 is 0. The van der Waals surface area contributed by atoms with Gasteiger partial charge in [-0.05, 0) is 109 Å². The number of rotatable bonds is 6. The van der Waals surface area contributed by atoms with E-state index in [1.807, 2.05) is 0 Å². The lowest BCUT2D eigenvalue weighted by Crippen LogP contribution is -2.19. The van der Waals surface area contributed by atoms with Gasteiger partial charge in [0.2, 0.25) is 0 Å². The molecule has 5 aliphatic rings. The molecule has 0 aromatic heterocycles. The van der Waals surface area contributed by atoms with Crippen LogP contribution in [0.5, 0.6) is 0 Å². The topological polar surface area (TPSA) is 3.24 Å². The predicted octanol–water partition coefficient (Wildman–Crippen LogP) is 11.5. The molecule has 210 valence electrons. The van der Waals surface area contributed by atoms with E-state index in [0.29, 0.717) is 5.92 Å². The highest BCUT2D eigenvalue weighted by Crippen LogP contribution is 2.41. The average molecular weight is 540 g/mol. The quantitative estimate of drug-likeness (QED) is 0.353. The fraction of sp³-hybridized carbons (Fsp3) is 0.400. The molecule has 0 radical (unpaired) electrons. The molecule has 41 heavy (non-hydrogen) atoms. The minimum absolute atomic E-state index is 0.511.